The third-order valence-electron chi connectivity index (χ3n) is 3.71. The summed E-state index contributed by atoms with van der Waals surface area (Å²) >= 11 is 0. The zero-order valence-corrected chi connectivity index (χ0v) is 13.6. The molecule has 1 atom stereocenters. The molecule has 0 aliphatic carbocycles. The molecule has 2 aromatic rings. The Balaban J connectivity index is 2.17. The van der Waals surface area contributed by atoms with Crippen LogP contribution in [0.25, 0.3) is 0 Å². The molecule has 0 heterocycles. The molecule has 0 aliphatic heterocycles. The van der Waals surface area contributed by atoms with E-state index < -0.39 is 17.0 Å². The highest BCUT2D eigenvalue weighted by Crippen LogP contribution is 2.22. The van der Waals surface area contributed by atoms with Crippen LogP contribution in [0.5, 0.6) is 0 Å². The second-order valence-corrected chi connectivity index (χ2v) is 5.48. The zero-order valence-electron chi connectivity index (χ0n) is 13.6. The number of carbonyl (C=O) groups excluding carboxylic acids is 2. The van der Waals surface area contributed by atoms with Crippen molar-refractivity contribution in [3.05, 3.63) is 74.8 Å². The van der Waals surface area contributed by atoms with E-state index >= 15 is 0 Å². The summed E-state index contributed by atoms with van der Waals surface area (Å²) in [7, 11) is 0. The van der Waals surface area contributed by atoms with Gasteiger partial charge in [0, 0.05) is 17.2 Å². The van der Waals surface area contributed by atoms with E-state index in [0.717, 1.165) is 5.56 Å². The highest BCUT2D eigenvalue weighted by atomic mass is 16.6. The van der Waals surface area contributed by atoms with Crippen molar-refractivity contribution in [1.82, 2.24) is 0 Å². The van der Waals surface area contributed by atoms with Crippen LogP contribution in [0.1, 0.15) is 38.8 Å². The van der Waals surface area contributed by atoms with Gasteiger partial charge in [-0.25, -0.2) is 4.79 Å². The van der Waals surface area contributed by atoms with Crippen molar-refractivity contribution in [2.24, 2.45) is 0 Å². The van der Waals surface area contributed by atoms with E-state index in [1.165, 1.54) is 32.0 Å². The van der Waals surface area contributed by atoms with Crippen molar-refractivity contribution in [2.75, 3.05) is 0 Å². The molecule has 0 radical (unpaired) electrons. The van der Waals surface area contributed by atoms with Crippen LogP contribution >= 0.6 is 0 Å². The number of nitro benzene ring substituents is 1. The smallest absolute Gasteiger partial charge is 0.339 e. The molecule has 0 aromatic heterocycles. The van der Waals surface area contributed by atoms with Crippen molar-refractivity contribution in [3.63, 3.8) is 0 Å². The topological polar surface area (TPSA) is 86.5 Å². The second kappa shape index (κ2) is 7.04. The molecule has 2 rings (SSSR count). The monoisotopic (exact) mass is 327 g/mol. The van der Waals surface area contributed by atoms with Gasteiger partial charge < -0.3 is 4.74 Å². The number of ketones is 1. The number of Topliss-reactive ketones (excluding diaryl/α,β-unsaturated/α-hetero) is 1. The first-order valence-corrected chi connectivity index (χ1v) is 7.37. The number of carbonyl (C=O) groups is 2. The predicted octanol–water partition coefficient (Wildman–Crippen LogP) is 3.64. The van der Waals surface area contributed by atoms with Crippen LogP contribution in [0.2, 0.25) is 0 Å². The number of rotatable bonds is 5. The lowest BCUT2D eigenvalue weighted by Crippen LogP contribution is -2.25. The summed E-state index contributed by atoms with van der Waals surface area (Å²) in [5.41, 5.74) is 1.58. The van der Waals surface area contributed by atoms with Gasteiger partial charge in [0.25, 0.3) is 5.69 Å². The first-order valence-electron chi connectivity index (χ1n) is 7.37. The fourth-order valence-corrected chi connectivity index (χ4v) is 2.27. The lowest BCUT2D eigenvalue weighted by molar-refractivity contribution is -0.385. The molecule has 0 saturated carbocycles. The molecule has 0 unspecified atom stereocenters. The van der Waals surface area contributed by atoms with E-state index in [0.29, 0.717) is 5.56 Å². The van der Waals surface area contributed by atoms with Gasteiger partial charge in [0.2, 0.25) is 5.78 Å². The third-order valence-corrected chi connectivity index (χ3v) is 3.71. The minimum atomic E-state index is -0.987. The van der Waals surface area contributed by atoms with E-state index in [2.05, 4.69) is 0 Å². The number of nitrogens with zero attached hydrogens (tertiary/aromatic N) is 1. The molecule has 2 aromatic carbocycles. The minimum Gasteiger partial charge on any atom is -0.451 e. The average Bonchev–Trinajstić information content (AvgIpc) is 2.54. The summed E-state index contributed by atoms with van der Waals surface area (Å²) in [4.78, 5) is 34.9. The van der Waals surface area contributed by atoms with Crippen molar-refractivity contribution < 1.29 is 19.2 Å². The van der Waals surface area contributed by atoms with Gasteiger partial charge in [0.05, 0.1) is 10.5 Å². The second-order valence-electron chi connectivity index (χ2n) is 5.48. The molecular weight excluding hydrogens is 310 g/mol. The molecule has 0 aliphatic rings. The normalized spacial score (nSPS) is 11.6. The number of hydrogen-bond acceptors (Lipinski definition) is 5. The molecule has 0 spiro atoms. The van der Waals surface area contributed by atoms with E-state index in [-0.39, 0.29) is 22.6 Å². The zero-order chi connectivity index (χ0) is 17.9. The Morgan fingerprint density at radius 1 is 1.08 bits per heavy atom. The van der Waals surface area contributed by atoms with Crippen LogP contribution < -0.4 is 0 Å². The van der Waals surface area contributed by atoms with Gasteiger partial charge in [0.1, 0.15) is 0 Å². The predicted molar refractivity (Wildman–Crippen MR) is 88.2 cm³/mol. The molecule has 24 heavy (non-hydrogen) atoms. The molecular formula is C18H17NO5. The SMILES string of the molecule is Cc1ccc(C(=O)[C@@H](C)OC(=O)c2cccc([N+](=O)[O-])c2C)cc1. The lowest BCUT2D eigenvalue weighted by atomic mass is 10.0. The highest BCUT2D eigenvalue weighted by molar-refractivity contribution is 6.01. The van der Waals surface area contributed by atoms with E-state index in [1.807, 2.05) is 6.92 Å². The minimum absolute atomic E-state index is 0.0766. The molecule has 0 amide bonds. The van der Waals surface area contributed by atoms with Crippen LogP contribution in [0.4, 0.5) is 5.69 Å². The number of ether oxygens (including phenoxy) is 1. The Hall–Kier alpha value is -3.02. The molecule has 124 valence electrons. The summed E-state index contributed by atoms with van der Waals surface area (Å²) in [5, 5.41) is 10.9. The maximum atomic E-state index is 12.3. The van der Waals surface area contributed by atoms with Crippen molar-refractivity contribution in [1.29, 1.82) is 0 Å². The van der Waals surface area contributed by atoms with Gasteiger partial charge in [0.15, 0.2) is 6.10 Å². The van der Waals surface area contributed by atoms with Gasteiger partial charge in [-0.2, -0.15) is 0 Å². The van der Waals surface area contributed by atoms with Gasteiger partial charge >= 0.3 is 5.97 Å². The van der Waals surface area contributed by atoms with Crippen LogP contribution in [-0.2, 0) is 4.74 Å². The lowest BCUT2D eigenvalue weighted by Gasteiger charge is -2.13. The maximum Gasteiger partial charge on any atom is 0.339 e. The van der Waals surface area contributed by atoms with Gasteiger partial charge in [-0.15, -0.1) is 0 Å². The summed E-state index contributed by atoms with van der Waals surface area (Å²) in [6, 6.07) is 11.1. The Morgan fingerprint density at radius 2 is 1.71 bits per heavy atom. The van der Waals surface area contributed by atoms with Gasteiger partial charge in [-0.3, -0.25) is 14.9 Å². The Kier molecular flexibility index (Phi) is 5.08. The Bertz CT molecular complexity index is 796. The van der Waals surface area contributed by atoms with Crippen LogP contribution in [-0.4, -0.2) is 22.8 Å². The molecule has 0 saturated heterocycles. The maximum absolute atomic E-state index is 12.3. The Morgan fingerprint density at radius 3 is 2.29 bits per heavy atom. The standard InChI is InChI=1S/C18H17NO5/c1-11-7-9-14(10-8-11)17(20)13(3)24-18(21)15-5-4-6-16(12(15)2)19(22)23/h4-10,13H,1-3H3/t13-/m1/s1. The van der Waals surface area contributed by atoms with E-state index in [9.17, 15) is 19.7 Å². The van der Waals surface area contributed by atoms with Gasteiger partial charge in [-0.05, 0) is 26.8 Å². The first-order chi connectivity index (χ1) is 11.3. The number of aryl methyl sites for hydroxylation is 1. The van der Waals surface area contributed by atoms with Crippen molar-refractivity contribution in [3.8, 4) is 0 Å². The average molecular weight is 327 g/mol. The summed E-state index contributed by atoms with van der Waals surface area (Å²) in [5.74, 6) is -1.09. The first kappa shape index (κ1) is 17.3. The number of benzene rings is 2. The van der Waals surface area contributed by atoms with Gasteiger partial charge in [-0.1, -0.05) is 35.9 Å². The third kappa shape index (κ3) is 3.65. The number of esters is 1. The molecule has 0 bridgehead atoms. The van der Waals surface area contributed by atoms with Crippen LogP contribution in [0.3, 0.4) is 0 Å². The molecule has 6 heteroatoms. The van der Waals surface area contributed by atoms with Crippen molar-refractivity contribution >= 4 is 17.4 Å². The summed E-state index contributed by atoms with van der Waals surface area (Å²) in [6.45, 7) is 4.86. The number of hydrogen-bond donors (Lipinski definition) is 0. The highest BCUT2D eigenvalue weighted by Gasteiger charge is 2.24. The Labute approximate surface area is 139 Å². The quantitative estimate of drug-likeness (QED) is 0.362. The fraction of sp³-hybridized carbons (Fsp3) is 0.222. The molecule has 6 nitrogen and oxygen atoms in total. The van der Waals surface area contributed by atoms with Crippen molar-refractivity contribution in [2.45, 2.75) is 26.9 Å². The number of nitro groups is 1. The van der Waals surface area contributed by atoms with Crippen LogP contribution in [0, 0.1) is 24.0 Å². The summed E-state index contributed by atoms with van der Waals surface area (Å²) in [6.07, 6.45) is -0.987. The summed E-state index contributed by atoms with van der Waals surface area (Å²) < 4.78 is 5.19. The van der Waals surface area contributed by atoms with E-state index in [4.69, 9.17) is 4.74 Å². The van der Waals surface area contributed by atoms with E-state index in [1.54, 1.807) is 24.3 Å². The van der Waals surface area contributed by atoms with Crippen LogP contribution in [0.15, 0.2) is 42.5 Å². The molecule has 0 fully saturated rings. The largest absolute Gasteiger partial charge is 0.451 e. The molecule has 0 N–H and O–H groups in total. The fourth-order valence-electron chi connectivity index (χ4n) is 2.27.